The number of carbonyl (C=O) groups excluding carboxylic acids is 1. The van der Waals surface area contributed by atoms with Gasteiger partial charge in [-0.15, -0.1) is 11.3 Å². The Hall–Kier alpha value is -1.51. The minimum absolute atomic E-state index is 0.00557. The van der Waals surface area contributed by atoms with Gasteiger partial charge in [0.15, 0.2) is 0 Å². The summed E-state index contributed by atoms with van der Waals surface area (Å²) >= 11 is 1.57. The van der Waals surface area contributed by atoms with Gasteiger partial charge in [-0.25, -0.2) is 4.79 Å². The van der Waals surface area contributed by atoms with Gasteiger partial charge in [0.2, 0.25) is 0 Å². The number of urea groups is 1. The Bertz CT molecular complexity index is 515. The van der Waals surface area contributed by atoms with Crippen LogP contribution in [-0.2, 0) is 6.54 Å². The van der Waals surface area contributed by atoms with Gasteiger partial charge in [-0.3, -0.25) is 0 Å². The number of nitrogens with one attached hydrogen (secondary N) is 1. The minimum Gasteiger partial charge on any atom is -0.384 e. The van der Waals surface area contributed by atoms with Crippen LogP contribution in [0.1, 0.15) is 30.2 Å². The van der Waals surface area contributed by atoms with Crippen molar-refractivity contribution in [1.29, 1.82) is 0 Å². The molecule has 1 aliphatic heterocycles. The van der Waals surface area contributed by atoms with Gasteiger partial charge in [0, 0.05) is 23.5 Å². The number of nitrogens with zero attached hydrogens (tertiary/aromatic N) is 1. The zero-order valence-corrected chi connectivity index (χ0v) is 12.5. The zero-order valence-electron chi connectivity index (χ0n) is 11.7. The van der Waals surface area contributed by atoms with E-state index in [9.17, 15) is 4.79 Å². The number of aliphatic hydroxyl groups is 1. The fourth-order valence-electron chi connectivity index (χ4n) is 2.37. The molecule has 1 aromatic rings. The second-order valence-corrected chi connectivity index (χ2v) is 6.07. The minimum atomic E-state index is -0.146. The molecule has 1 aromatic heterocycles. The van der Waals surface area contributed by atoms with Crippen LogP contribution in [0.15, 0.2) is 11.4 Å². The van der Waals surface area contributed by atoms with Crippen molar-refractivity contribution in [2.24, 2.45) is 5.92 Å². The summed E-state index contributed by atoms with van der Waals surface area (Å²) in [7, 11) is 0. The zero-order chi connectivity index (χ0) is 14.4. The van der Waals surface area contributed by atoms with Gasteiger partial charge in [0.05, 0.1) is 6.54 Å². The summed E-state index contributed by atoms with van der Waals surface area (Å²) in [6.07, 6.45) is 2.29. The third-order valence-electron chi connectivity index (χ3n) is 3.39. The number of hydrogen-bond acceptors (Lipinski definition) is 3. The van der Waals surface area contributed by atoms with E-state index in [4.69, 9.17) is 5.11 Å². The lowest BCUT2D eigenvalue weighted by molar-refractivity contribution is 0.169. The van der Waals surface area contributed by atoms with Crippen LogP contribution in [-0.4, -0.2) is 35.7 Å². The first kappa shape index (κ1) is 14.9. The van der Waals surface area contributed by atoms with Crippen molar-refractivity contribution in [3.63, 3.8) is 0 Å². The highest BCUT2D eigenvalue weighted by Crippen LogP contribution is 2.17. The van der Waals surface area contributed by atoms with Gasteiger partial charge < -0.3 is 15.3 Å². The van der Waals surface area contributed by atoms with Gasteiger partial charge in [0.25, 0.3) is 0 Å². The number of piperidine rings is 1. The monoisotopic (exact) mass is 292 g/mol. The molecule has 1 fully saturated rings. The number of likely N-dealkylation sites (tertiary alicyclic amines) is 1. The van der Waals surface area contributed by atoms with Crippen LogP contribution in [0.2, 0.25) is 0 Å². The Kier molecular flexibility index (Phi) is 5.45. The Balaban J connectivity index is 1.88. The molecule has 2 heterocycles. The number of hydrogen-bond donors (Lipinski definition) is 2. The first-order valence-electron chi connectivity index (χ1n) is 6.89. The molecule has 4 nitrogen and oxygen atoms in total. The summed E-state index contributed by atoms with van der Waals surface area (Å²) in [5.41, 5.74) is 0.886. The molecule has 0 spiro atoms. The molecule has 0 bridgehead atoms. The van der Waals surface area contributed by atoms with E-state index in [2.05, 4.69) is 24.1 Å². The highest BCUT2D eigenvalue weighted by atomic mass is 32.1. The van der Waals surface area contributed by atoms with Crippen LogP contribution in [0.25, 0.3) is 0 Å². The topological polar surface area (TPSA) is 52.6 Å². The van der Waals surface area contributed by atoms with E-state index in [1.807, 2.05) is 16.3 Å². The van der Waals surface area contributed by atoms with Gasteiger partial charge in [-0.1, -0.05) is 18.8 Å². The third kappa shape index (κ3) is 3.99. The lowest BCUT2D eigenvalue weighted by Crippen LogP contribution is -2.44. The van der Waals surface area contributed by atoms with E-state index in [1.54, 1.807) is 11.3 Å². The highest BCUT2D eigenvalue weighted by molar-refractivity contribution is 7.10. The van der Waals surface area contributed by atoms with Crippen molar-refractivity contribution in [1.82, 2.24) is 10.2 Å². The summed E-state index contributed by atoms with van der Waals surface area (Å²) in [6, 6.07) is 1.92. The standard InChI is InChI=1S/C15H20N2O2S/c1-12-4-2-7-17(11-12)15(19)16-10-14-13(5-3-8-18)6-9-20-14/h6,9,12,18H,2,4,7-8,10-11H2,1H3,(H,16,19). The van der Waals surface area contributed by atoms with E-state index >= 15 is 0 Å². The molecule has 1 atom stereocenters. The summed E-state index contributed by atoms with van der Waals surface area (Å²) in [6.45, 7) is 4.22. The highest BCUT2D eigenvalue weighted by Gasteiger charge is 2.20. The van der Waals surface area contributed by atoms with Gasteiger partial charge >= 0.3 is 6.03 Å². The molecule has 2 rings (SSSR count). The maximum absolute atomic E-state index is 12.1. The molecular formula is C15H20N2O2S. The average molecular weight is 292 g/mol. The van der Waals surface area contributed by atoms with Crippen LogP contribution in [0.4, 0.5) is 4.79 Å². The van der Waals surface area contributed by atoms with Crippen molar-refractivity contribution in [2.75, 3.05) is 19.7 Å². The smallest absolute Gasteiger partial charge is 0.317 e. The van der Waals surface area contributed by atoms with Crippen molar-refractivity contribution in [2.45, 2.75) is 26.3 Å². The molecule has 1 saturated heterocycles. The largest absolute Gasteiger partial charge is 0.384 e. The predicted molar refractivity (Wildman–Crippen MR) is 80.5 cm³/mol. The summed E-state index contributed by atoms with van der Waals surface area (Å²) in [5, 5.41) is 13.6. The van der Waals surface area contributed by atoms with Gasteiger partial charge in [-0.2, -0.15) is 0 Å². The number of aliphatic hydroxyl groups excluding tert-OH is 1. The van der Waals surface area contributed by atoms with E-state index in [1.165, 1.54) is 6.42 Å². The van der Waals surface area contributed by atoms with Crippen LogP contribution in [0, 0.1) is 17.8 Å². The van der Waals surface area contributed by atoms with Crippen LogP contribution in [0.3, 0.4) is 0 Å². The fourth-order valence-corrected chi connectivity index (χ4v) is 3.14. The Morgan fingerprint density at radius 2 is 2.50 bits per heavy atom. The molecule has 2 amide bonds. The van der Waals surface area contributed by atoms with E-state index in [0.29, 0.717) is 12.5 Å². The maximum atomic E-state index is 12.1. The Morgan fingerprint density at radius 1 is 1.65 bits per heavy atom. The van der Waals surface area contributed by atoms with Crippen LogP contribution in [0.5, 0.6) is 0 Å². The average Bonchev–Trinajstić information content (AvgIpc) is 2.90. The molecule has 20 heavy (non-hydrogen) atoms. The molecule has 2 N–H and O–H groups in total. The first-order valence-corrected chi connectivity index (χ1v) is 7.77. The molecule has 5 heteroatoms. The van der Waals surface area contributed by atoms with E-state index < -0.39 is 0 Å². The van der Waals surface area contributed by atoms with Gasteiger partial charge in [0.1, 0.15) is 6.61 Å². The summed E-state index contributed by atoms with van der Waals surface area (Å²) in [4.78, 5) is 15.0. The van der Waals surface area contributed by atoms with E-state index in [0.717, 1.165) is 30.0 Å². The lowest BCUT2D eigenvalue weighted by atomic mass is 10.0. The quantitative estimate of drug-likeness (QED) is 0.820. The molecule has 1 aliphatic rings. The van der Waals surface area contributed by atoms with E-state index in [-0.39, 0.29) is 12.6 Å². The molecule has 108 valence electrons. The third-order valence-corrected chi connectivity index (χ3v) is 4.31. The van der Waals surface area contributed by atoms with Gasteiger partial charge in [-0.05, 0) is 30.2 Å². The Morgan fingerprint density at radius 3 is 3.25 bits per heavy atom. The van der Waals surface area contributed by atoms with Crippen molar-refractivity contribution >= 4 is 17.4 Å². The fraction of sp³-hybridized carbons (Fsp3) is 0.533. The Labute approximate surface area is 123 Å². The normalized spacial score (nSPS) is 18.3. The van der Waals surface area contributed by atoms with Crippen LogP contribution >= 0.6 is 11.3 Å². The van der Waals surface area contributed by atoms with Crippen molar-refractivity contribution in [3.05, 3.63) is 21.9 Å². The number of amides is 2. The maximum Gasteiger partial charge on any atom is 0.317 e. The predicted octanol–water partition coefficient (Wildman–Crippen LogP) is 2.03. The second kappa shape index (κ2) is 7.32. The molecular weight excluding hydrogens is 272 g/mol. The second-order valence-electron chi connectivity index (χ2n) is 5.07. The summed E-state index contributed by atoms with van der Waals surface area (Å²) in [5.74, 6) is 6.12. The SMILES string of the molecule is CC1CCCN(C(=O)NCc2sccc2C#CCO)C1. The van der Waals surface area contributed by atoms with Crippen LogP contribution < -0.4 is 5.32 Å². The molecule has 1 unspecified atom stereocenters. The number of rotatable bonds is 2. The molecule has 0 aliphatic carbocycles. The lowest BCUT2D eigenvalue weighted by Gasteiger charge is -2.30. The first-order chi connectivity index (χ1) is 9.70. The number of thiophene rings is 1. The van der Waals surface area contributed by atoms with Crippen molar-refractivity contribution < 1.29 is 9.90 Å². The molecule has 0 saturated carbocycles. The summed E-state index contributed by atoms with van der Waals surface area (Å²) < 4.78 is 0. The number of carbonyl (C=O) groups is 1. The molecule has 0 aromatic carbocycles. The van der Waals surface area contributed by atoms with Crippen molar-refractivity contribution in [3.8, 4) is 11.8 Å². The molecule has 0 radical (unpaired) electrons.